The second kappa shape index (κ2) is 49.8. The van der Waals surface area contributed by atoms with Crippen molar-refractivity contribution in [2.45, 2.75) is 105 Å². The third kappa shape index (κ3) is 64.6. The molecule has 0 spiro atoms. The number of methoxy groups -OCH3 is 3. The Morgan fingerprint density at radius 3 is 1.17 bits per heavy atom. The van der Waals surface area contributed by atoms with Gasteiger partial charge in [-0.05, 0) is 54.4 Å². The van der Waals surface area contributed by atoms with E-state index < -0.39 is 0 Å². The van der Waals surface area contributed by atoms with Gasteiger partial charge in [-0.15, -0.1) is 0 Å². The van der Waals surface area contributed by atoms with Gasteiger partial charge < -0.3 is 68.2 Å². The predicted molar refractivity (Wildman–Crippen MR) is 184 cm³/mol. The normalized spacial score (nSPS) is 14.3. The van der Waals surface area contributed by atoms with Crippen molar-refractivity contribution < 1.29 is 68.2 Å². The third-order valence-electron chi connectivity index (χ3n) is 5.12. The fourth-order valence-corrected chi connectivity index (χ4v) is 2.21. The predicted octanol–water partition coefficient (Wildman–Crippen LogP) is 2.08. The molecule has 0 rings (SSSR count). The molecule has 0 saturated carbocycles. The molecule has 5 N–H and O–H groups in total. The van der Waals surface area contributed by atoms with E-state index in [0.29, 0.717) is 52.9 Å². The minimum atomic E-state index is -0.318. The first kappa shape index (κ1) is 55.8. The van der Waals surface area contributed by atoms with E-state index in [1.807, 2.05) is 48.5 Å². The molecule has 292 valence electrons. The van der Waals surface area contributed by atoms with Crippen LogP contribution in [-0.4, -0.2) is 176 Å². The highest BCUT2D eigenvalue weighted by Gasteiger charge is 2.08. The number of aliphatic hydroxyl groups is 5. The summed E-state index contributed by atoms with van der Waals surface area (Å²) in [5, 5.41) is 42.3. The monoisotopic (exact) mass is 697 g/mol. The lowest BCUT2D eigenvalue weighted by Gasteiger charge is -2.18. The number of hydrogen-bond donors (Lipinski definition) is 5. The maximum Gasteiger partial charge on any atom is 0.0781 e. The summed E-state index contributed by atoms with van der Waals surface area (Å²) in [6.07, 6.45) is 1.76. The highest BCUT2D eigenvalue weighted by Crippen LogP contribution is 1.99. The van der Waals surface area contributed by atoms with Crippen molar-refractivity contribution in [3.63, 3.8) is 0 Å². The Kier molecular flexibility index (Phi) is 59.2. The lowest BCUT2D eigenvalue weighted by Crippen LogP contribution is -2.25. The number of hydrogen-bond acceptors (Lipinski definition) is 14. The minimum Gasteiger partial charge on any atom is -0.394 e. The van der Waals surface area contributed by atoms with Gasteiger partial charge in [0, 0.05) is 34.5 Å². The van der Waals surface area contributed by atoms with Crippen LogP contribution in [0.15, 0.2) is 0 Å². The fourth-order valence-electron chi connectivity index (χ4n) is 2.21. The minimum absolute atomic E-state index is 0.0293. The zero-order valence-electron chi connectivity index (χ0n) is 31.7. The van der Waals surface area contributed by atoms with Crippen molar-refractivity contribution in [3.8, 4) is 0 Å². The first-order valence-electron chi connectivity index (χ1n) is 16.6. The van der Waals surface area contributed by atoms with E-state index in [-0.39, 0.29) is 63.1 Å². The Balaban J connectivity index is -0.000000160. The molecule has 0 aromatic carbocycles. The molecular weight excluding hydrogens is 620 g/mol. The van der Waals surface area contributed by atoms with Crippen LogP contribution in [0.1, 0.15) is 68.2 Å². The summed E-state index contributed by atoms with van der Waals surface area (Å²) in [5.41, 5.74) is 0. The van der Waals surface area contributed by atoms with Gasteiger partial charge in [0.1, 0.15) is 0 Å². The SMILES string of the molecule is CCCOCC(C)O.CCCOCCO.COC(C)COC(C)CO.COC(C)COC(C)COC(C)CO.COCCOCCO. The molecule has 14 nitrogen and oxygen atoms in total. The van der Waals surface area contributed by atoms with E-state index in [2.05, 4.69) is 4.74 Å². The maximum atomic E-state index is 8.72. The lowest BCUT2D eigenvalue weighted by atomic mass is 10.4. The molecule has 0 heterocycles. The summed E-state index contributed by atoms with van der Waals surface area (Å²) in [6, 6.07) is 0. The zero-order chi connectivity index (χ0) is 37.1. The molecule has 0 amide bonds. The Bertz CT molecular complexity index is 472. The summed E-state index contributed by atoms with van der Waals surface area (Å²) in [5.74, 6) is 0. The van der Waals surface area contributed by atoms with Gasteiger partial charge in [-0.1, -0.05) is 13.8 Å². The average molecular weight is 697 g/mol. The van der Waals surface area contributed by atoms with Gasteiger partial charge in [0.2, 0.25) is 0 Å². The molecule has 0 aliphatic rings. The summed E-state index contributed by atoms with van der Waals surface area (Å²) >= 11 is 0. The number of aliphatic hydroxyl groups excluding tert-OH is 5. The van der Waals surface area contributed by atoms with Gasteiger partial charge in [-0.2, -0.15) is 0 Å². The molecular formula is C33H76O14. The van der Waals surface area contributed by atoms with Crippen LogP contribution in [0.4, 0.5) is 0 Å². The van der Waals surface area contributed by atoms with Crippen LogP contribution in [0.3, 0.4) is 0 Å². The van der Waals surface area contributed by atoms with Crippen molar-refractivity contribution in [3.05, 3.63) is 0 Å². The highest BCUT2D eigenvalue weighted by molar-refractivity contribution is 4.54. The van der Waals surface area contributed by atoms with Gasteiger partial charge in [-0.25, -0.2) is 0 Å². The standard InChI is InChI=1S/C10H22O4.C7H16O3.C6H14O2.C5H12O3.C5H12O2/c1-8(5-11)13-7-10(3)14-6-9(2)12-4;1-6(4-8)10-5-7(2)9-3;1-3-4-8-5-6(2)7;1-7-4-5-8-3-2-6;1-2-4-7-5-3-6/h8-11H,5-7H2,1-4H3;6-8H,4-5H2,1-3H3;6-7H,3-5H2,1-2H3;6H,2-5H2,1H3;6H,2-5H2,1H3. The molecule has 14 heteroatoms. The van der Waals surface area contributed by atoms with Crippen LogP contribution in [-0.2, 0) is 42.6 Å². The van der Waals surface area contributed by atoms with Crippen LogP contribution in [0.2, 0.25) is 0 Å². The smallest absolute Gasteiger partial charge is 0.0781 e. The zero-order valence-corrected chi connectivity index (χ0v) is 31.7. The molecule has 0 saturated heterocycles. The Morgan fingerprint density at radius 1 is 0.447 bits per heavy atom. The Hall–Kier alpha value is -0.560. The van der Waals surface area contributed by atoms with Crippen LogP contribution < -0.4 is 0 Å². The second-order valence-corrected chi connectivity index (χ2v) is 10.5. The first-order valence-corrected chi connectivity index (χ1v) is 16.6. The van der Waals surface area contributed by atoms with E-state index in [4.69, 9.17) is 63.4 Å². The second-order valence-electron chi connectivity index (χ2n) is 10.5. The van der Waals surface area contributed by atoms with Crippen molar-refractivity contribution in [1.82, 2.24) is 0 Å². The van der Waals surface area contributed by atoms with Gasteiger partial charge in [0.05, 0.1) is 116 Å². The molecule has 0 bridgehead atoms. The molecule has 0 aliphatic carbocycles. The van der Waals surface area contributed by atoms with E-state index in [1.54, 1.807) is 28.3 Å². The summed E-state index contributed by atoms with van der Waals surface area (Å²) < 4.78 is 45.3. The molecule has 6 atom stereocenters. The molecule has 0 radical (unpaired) electrons. The van der Waals surface area contributed by atoms with Crippen molar-refractivity contribution in [2.24, 2.45) is 0 Å². The molecule has 6 unspecified atom stereocenters. The lowest BCUT2D eigenvalue weighted by molar-refractivity contribution is -0.0677. The van der Waals surface area contributed by atoms with Crippen molar-refractivity contribution >= 4 is 0 Å². The highest BCUT2D eigenvalue weighted by atomic mass is 16.6. The third-order valence-corrected chi connectivity index (χ3v) is 5.12. The largest absolute Gasteiger partial charge is 0.394 e. The maximum absolute atomic E-state index is 8.72. The fraction of sp³-hybridized carbons (Fsp3) is 1.00. The van der Waals surface area contributed by atoms with E-state index in [0.717, 1.165) is 26.1 Å². The Labute approximate surface area is 286 Å². The number of rotatable bonds is 26. The van der Waals surface area contributed by atoms with E-state index in [1.165, 1.54) is 0 Å². The van der Waals surface area contributed by atoms with Crippen LogP contribution >= 0.6 is 0 Å². The van der Waals surface area contributed by atoms with Crippen LogP contribution in [0, 0.1) is 0 Å². The van der Waals surface area contributed by atoms with Gasteiger partial charge in [0.15, 0.2) is 0 Å². The quantitative estimate of drug-likeness (QED) is 0.0829. The van der Waals surface area contributed by atoms with Crippen LogP contribution in [0.5, 0.6) is 0 Å². The average Bonchev–Trinajstić information content (AvgIpc) is 3.08. The van der Waals surface area contributed by atoms with E-state index >= 15 is 0 Å². The van der Waals surface area contributed by atoms with E-state index in [9.17, 15) is 0 Å². The molecule has 0 fully saturated rings. The van der Waals surface area contributed by atoms with Gasteiger partial charge >= 0.3 is 0 Å². The topological polar surface area (TPSA) is 184 Å². The first-order chi connectivity index (χ1) is 22.4. The van der Waals surface area contributed by atoms with Gasteiger partial charge in [0.25, 0.3) is 0 Å². The molecule has 0 aliphatic heterocycles. The van der Waals surface area contributed by atoms with Crippen molar-refractivity contribution in [2.75, 3.05) is 114 Å². The summed E-state index contributed by atoms with van der Waals surface area (Å²) in [4.78, 5) is 0. The Morgan fingerprint density at radius 2 is 0.830 bits per heavy atom. The molecule has 0 aromatic heterocycles. The van der Waals surface area contributed by atoms with Crippen molar-refractivity contribution in [1.29, 1.82) is 0 Å². The molecule has 0 aromatic rings. The van der Waals surface area contributed by atoms with Gasteiger partial charge in [-0.3, -0.25) is 0 Å². The van der Waals surface area contributed by atoms with Crippen LogP contribution in [0.25, 0.3) is 0 Å². The summed E-state index contributed by atoms with van der Waals surface area (Å²) in [7, 11) is 4.91. The number of ether oxygens (including phenoxy) is 9. The molecule has 47 heavy (non-hydrogen) atoms. The summed E-state index contributed by atoms with van der Waals surface area (Å²) in [6.45, 7) is 21.2.